The summed E-state index contributed by atoms with van der Waals surface area (Å²) >= 11 is 0. The minimum Gasteiger partial charge on any atom is -0.480 e. The van der Waals surface area contributed by atoms with Crippen molar-refractivity contribution >= 4 is 11.8 Å². The summed E-state index contributed by atoms with van der Waals surface area (Å²) in [7, 11) is 0. The minimum atomic E-state index is -1.00. The molecule has 4 heteroatoms. The second kappa shape index (κ2) is 5.75. The average Bonchev–Trinajstić information content (AvgIpc) is 2.47. The Morgan fingerprint density at radius 3 is 2.55 bits per heavy atom. The van der Waals surface area contributed by atoms with E-state index in [9.17, 15) is 14.7 Å². The molecule has 0 spiro atoms. The van der Waals surface area contributed by atoms with Crippen molar-refractivity contribution in [3.05, 3.63) is 42.8 Å². The van der Waals surface area contributed by atoms with Crippen LogP contribution in [-0.2, 0) is 4.79 Å². The molecule has 4 nitrogen and oxygen atoms in total. The van der Waals surface area contributed by atoms with Gasteiger partial charge in [-0.2, -0.15) is 0 Å². The van der Waals surface area contributed by atoms with Crippen LogP contribution in [0.1, 0.15) is 36.5 Å². The number of carboxylic acids is 1. The van der Waals surface area contributed by atoms with E-state index in [-0.39, 0.29) is 5.78 Å². The summed E-state index contributed by atoms with van der Waals surface area (Å²) in [5.41, 5.74) is -0.430. The largest absolute Gasteiger partial charge is 0.480 e. The quantitative estimate of drug-likeness (QED) is 0.857. The smallest absolute Gasteiger partial charge is 0.323 e. The summed E-state index contributed by atoms with van der Waals surface area (Å²) in [6, 6.07) is 8.25. The molecule has 107 valence electrons. The minimum absolute atomic E-state index is 0.125. The summed E-state index contributed by atoms with van der Waals surface area (Å²) in [4.78, 5) is 25.8. The average molecular weight is 274 g/mol. The van der Waals surface area contributed by atoms with Crippen LogP contribution in [0, 0.1) is 6.92 Å². The number of hydrogen-bond acceptors (Lipinski definition) is 3. The van der Waals surface area contributed by atoms with Crippen molar-refractivity contribution in [3.63, 3.8) is 0 Å². The third kappa shape index (κ3) is 2.61. The lowest BCUT2D eigenvalue weighted by Gasteiger charge is -2.44. The van der Waals surface area contributed by atoms with E-state index in [1.54, 1.807) is 36.1 Å². The standard InChI is InChI=1S/C16H20NO3/c1-12(14(18)13-8-4-3-5-9-13)17-11-7-6-10-16(17,2)15(19)20/h3-5,8-9,12H,1,6-7,10-11H2,2H3,(H,19,20). The Morgan fingerprint density at radius 1 is 1.30 bits per heavy atom. The van der Waals surface area contributed by atoms with Crippen LogP contribution in [0.4, 0.5) is 0 Å². The number of rotatable bonds is 4. The van der Waals surface area contributed by atoms with E-state index in [2.05, 4.69) is 6.92 Å². The maximum absolute atomic E-state index is 12.5. The van der Waals surface area contributed by atoms with Gasteiger partial charge in [-0.25, -0.2) is 0 Å². The van der Waals surface area contributed by atoms with Crippen LogP contribution in [0.25, 0.3) is 0 Å². The molecule has 1 aliphatic rings. The van der Waals surface area contributed by atoms with Gasteiger partial charge in [0.05, 0.1) is 6.04 Å². The van der Waals surface area contributed by atoms with E-state index in [4.69, 9.17) is 0 Å². The first-order valence-corrected chi connectivity index (χ1v) is 6.89. The molecule has 1 aromatic carbocycles. The van der Waals surface area contributed by atoms with E-state index < -0.39 is 17.6 Å². The fraction of sp³-hybridized carbons (Fsp3) is 0.438. The molecule has 0 saturated carbocycles. The van der Waals surface area contributed by atoms with E-state index in [0.29, 0.717) is 18.5 Å². The highest BCUT2D eigenvalue weighted by Gasteiger charge is 2.45. The Labute approximate surface area is 119 Å². The second-order valence-corrected chi connectivity index (χ2v) is 5.48. The molecule has 2 atom stereocenters. The first-order valence-electron chi connectivity index (χ1n) is 6.89. The van der Waals surface area contributed by atoms with Crippen LogP contribution in [0.15, 0.2) is 30.3 Å². The monoisotopic (exact) mass is 274 g/mol. The number of piperidine rings is 1. The van der Waals surface area contributed by atoms with Gasteiger partial charge in [-0.15, -0.1) is 0 Å². The predicted octanol–water partition coefficient (Wildman–Crippen LogP) is 2.40. The van der Waals surface area contributed by atoms with Crippen molar-refractivity contribution in [1.82, 2.24) is 4.90 Å². The zero-order valence-electron chi connectivity index (χ0n) is 11.7. The molecule has 1 fully saturated rings. The Hall–Kier alpha value is -1.68. The first kappa shape index (κ1) is 14.7. The van der Waals surface area contributed by atoms with Crippen LogP contribution in [0.3, 0.4) is 0 Å². The number of likely N-dealkylation sites (tertiary alicyclic amines) is 1. The number of hydrogen-bond donors (Lipinski definition) is 1. The molecule has 0 aromatic heterocycles. The number of benzene rings is 1. The van der Waals surface area contributed by atoms with Gasteiger partial charge in [0.2, 0.25) is 0 Å². The number of ketones is 1. The van der Waals surface area contributed by atoms with Gasteiger partial charge in [0.15, 0.2) is 5.78 Å². The van der Waals surface area contributed by atoms with Gasteiger partial charge in [0.1, 0.15) is 5.54 Å². The van der Waals surface area contributed by atoms with E-state index in [1.807, 2.05) is 6.07 Å². The van der Waals surface area contributed by atoms with Gasteiger partial charge in [-0.05, 0) is 39.7 Å². The van der Waals surface area contributed by atoms with Gasteiger partial charge in [-0.3, -0.25) is 14.5 Å². The van der Waals surface area contributed by atoms with Gasteiger partial charge in [0, 0.05) is 5.56 Å². The van der Waals surface area contributed by atoms with Crippen LogP contribution in [0.5, 0.6) is 0 Å². The molecule has 2 rings (SSSR count). The molecule has 2 unspecified atom stereocenters. The molecular formula is C16H20NO3. The lowest BCUT2D eigenvalue weighted by Crippen LogP contribution is -2.60. The highest BCUT2D eigenvalue weighted by Crippen LogP contribution is 2.30. The predicted molar refractivity (Wildman–Crippen MR) is 76.5 cm³/mol. The molecule has 1 saturated heterocycles. The summed E-state index contributed by atoms with van der Waals surface area (Å²) in [6.07, 6.45) is 2.32. The number of nitrogens with zero attached hydrogens (tertiary/aromatic N) is 1. The molecule has 1 radical (unpaired) electrons. The summed E-state index contributed by atoms with van der Waals surface area (Å²) in [5.74, 6) is -1.01. The van der Waals surface area contributed by atoms with E-state index in [0.717, 1.165) is 12.8 Å². The maximum Gasteiger partial charge on any atom is 0.323 e. The van der Waals surface area contributed by atoms with Gasteiger partial charge in [-0.1, -0.05) is 30.3 Å². The molecule has 1 aliphatic heterocycles. The van der Waals surface area contributed by atoms with Gasteiger partial charge in [0.25, 0.3) is 0 Å². The van der Waals surface area contributed by atoms with Crippen LogP contribution in [0.2, 0.25) is 0 Å². The Balaban J connectivity index is 2.24. The number of carbonyl (C=O) groups excluding carboxylic acids is 1. The SMILES string of the molecule is [CH2]C(C(=O)c1ccccc1)N1CCCCC1(C)C(=O)O. The van der Waals surface area contributed by atoms with Crippen LogP contribution in [-0.4, -0.2) is 39.9 Å². The van der Waals surface area contributed by atoms with Crippen molar-refractivity contribution in [3.8, 4) is 0 Å². The van der Waals surface area contributed by atoms with E-state index >= 15 is 0 Å². The Kier molecular flexibility index (Phi) is 4.23. The molecule has 0 aliphatic carbocycles. The molecule has 20 heavy (non-hydrogen) atoms. The Bertz CT molecular complexity index is 500. The van der Waals surface area contributed by atoms with Gasteiger partial charge >= 0.3 is 5.97 Å². The summed E-state index contributed by atoms with van der Waals surface area (Å²) in [5, 5.41) is 9.49. The molecule has 1 aromatic rings. The van der Waals surface area contributed by atoms with Crippen molar-refractivity contribution in [2.75, 3.05) is 6.54 Å². The summed E-state index contributed by atoms with van der Waals surface area (Å²) < 4.78 is 0. The highest BCUT2D eigenvalue weighted by atomic mass is 16.4. The van der Waals surface area contributed by atoms with Crippen LogP contribution >= 0.6 is 0 Å². The number of carboxylic acid groups (broad SMARTS) is 1. The maximum atomic E-state index is 12.5. The van der Waals surface area contributed by atoms with Crippen molar-refractivity contribution in [1.29, 1.82) is 0 Å². The normalized spacial score (nSPS) is 25.1. The van der Waals surface area contributed by atoms with Crippen molar-refractivity contribution < 1.29 is 14.7 Å². The molecule has 1 N–H and O–H groups in total. The zero-order valence-corrected chi connectivity index (χ0v) is 11.7. The van der Waals surface area contributed by atoms with Crippen molar-refractivity contribution in [2.45, 2.75) is 37.8 Å². The summed E-state index contributed by atoms with van der Waals surface area (Å²) in [6.45, 7) is 6.21. The first-order chi connectivity index (χ1) is 9.47. The van der Waals surface area contributed by atoms with Crippen LogP contribution < -0.4 is 0 Å². The topological polar surface area (TPSA) is 57.6 Å². The van der Waals surface area contributed by atoms with E-state index in [1.165, 1.54) is 0 Å². The third-order valence-corrected chi connectivity index (χ3v) is 4.14. The lowest BCUT2D eigenvalue weighted by atomic mass is 9.86. The molecule has 0 amide bonds. The second-order valence-electron chi connectivity index (χ2n) is 5.48. The molecule has 0 bridgehead atoms. The highest BCUT2D eigenvalue weighted by molar-refractivity contribution is 6.01. The Morgan fingerprint density at radius 2 is 1.95 bits per heavy atom. The fourth-order valence-corrected chi connectivity index (χ4v) is 2.81. The zero-order chi connectivity index (χ0) is 14.8. The molecule has 1 heterocycles. The third-order valence-electron chi connectivity index (χ3n) is 4.14. The van der Waals surface area contributed by atoms with Gasteiger partial charge < -0.3 is 5.11 Å². The van der Waals surface area contributed by atoms with Crippen molar-refractivity contribution in [2.24, 2.45) is 0 Å². The number of aliphatic carboxylic acids is 1. The molecular weight excluding hydrogens is 254 g/mol. The lowest BCUT2D eigenvalue weighted by molar-refractivity contribution is -0.153. The number of Topliss-reactive ketones (excluding diaryl/α,β-unsaturated/α-hetero) is 1. The fourth-order valence-electron chi connectivity index (χ4n) is 2.81. The number of carbonyl (C=O) groups is 2.